The van der Waals surface area contributed by atoms with Gasteiger partial charge in [-0.2, -0.15) is 0 Å². The molecular weight excluding hydrogens is 224 g/mol. The van der Waals surface area contributed by atoms with E-state index in [1.807, 2.05) is 0 Å². The molecule has 1 aliphatic heterocycles. The molecule has 2 rings (SSSR count). The van der Waals surface area contributed by atoms with Gasteiger partial charge in [-0.15, -0.1) is 0 Å². The second kappa shape index (κ2) is 5.87. The molecule has 4 nitrogen and oxygen atoms in total. The van der Waals surface area contributed by atoms with Gasteiger partial charge in [0.15, 0.2) is 0 Å². The number of likely N-dealkylation sites (N-methyl/N-ethyl adjacent to an activating group) is 1. The van der Waals surface area contributed by atoms with Gasteiger partial charge in [-0.05, 0) is 32.9 Å². The average Bonchev–Trinajstić information content (AvgIpc) is 2.33. The van der Waals surface area contributed by atoms with Crippen molar-refractivity contribution in [2.24, 2.45) is 11.7 Å². The van der Waals surface area contributed by atoms with Gasteiger partial charge in [0.1, 0.15) is 0 Å². The van der Waals surface area contributed by atoms with E-state index in [1.165, 1.54) is 52.1 Å². The van der Waals surface area contributed by atoms with Crippen LogP contribution in [0.1, 0.15) is 19.8 Å². The largest absolute Gasteiger partial charge is 0.329 e. The number of hydrogen-bond donors (Lipinski definition) is 1. The summed E-state index contributed by atoms with van der Waals surface area (Å²) in [5.74, 6) is 0.875. The van der Waals surface area contributed by atoms with Crippen LogP contribution in [0.3, 0.4) is 0 Å². The van der Waals surface area contributed by atoms with Crippen molar-refractivity contribution in [1.29, 1.82) is 0 Å². The Labute approximate surface area is 112 Å². The third-order valence-corrected chi connectivity index (χ3v) is 4.74. The lowest BCUT2D eigenvalue weighted by molar-refractivity contribution is -0.0400. The van der Waals surface area contributed by atoms with Crippen molar-refractivity contribution >= 4 is 0 Å². The zero-order valence-electron chi connectivity index (χ0n) is 12.4. The number of piperazine rings is 1. The van der Waals surface area contributed by atoms with Gasteiger partial charge >= 0.3 is 0 Å². The second-order valence-electron chi connectivity index (χ2n) is 6.57. The molecular formula is C14H30N4. The Kier molecular flexibility index (Phi) is 4.64. The summed E-state index contributed by atoms with van der Waals surface area (Å²) in [6.45, 7) is 10.4. The molecule has 0 unspecified atom stereocenters. The third kappa shape index (κ3) is 3.05. The Morgan fingerprint density at radius 3 is 2.22 bits per heavy atom. The van der Waals surface area contributed by atoms with Crippen LogP contribution in [0.5, 0.6) is 0 Å². The highest BCUT2D eigenvalue weighted by Crippen LogP contribution is 2.41. The van der Waals surface area contributed by atoms with Gasteiger partial charge in [-0.1, -0.05) is 6.92 Å². The quantitative estimate of drug-likeness (QED) is 0.765. The minimum atomic E-state index is 0.354. The fourth-order valence-electron chi connectivity index (χ4n) is 3.58. The second-order valence-corrected chi connectivity index (χ2v) is 6.57. The molecule has 0 aromatic carbocycles. The Morgan fingerprint density at radius 1 is 1.17 bits per heavy atom. The Morgan fingerprint density at radius 2 is 1.78 bits per heavy atom. The number of nitrogens with zero attached hydrogens (tertiary/aromatic N) is 3. The average molecular weight is 254 g/mol. The van der Waals surface area contributed by atoms with Gasteiger partial charge in [0.25, 0.3) is 0 Å². The predicted octanol–water partition coefficient (Wildman–Crippen LogP) is 0.293. The van der Waals surface area contributed by atoms with E-state index in [-0.39, 0.29) is 0 Å². The molecule has 2 aliphatic rings. The van der Waals surface area contributed by atoms with Gasteiger partial charge < -0.3 is 10.6 Å². The molecule has 2 N–H and O–H groups in total. The molecule has 18 heavy (non-hydrogen) atoms. The molecule has 0 spiro atoms. The summed E-state index contributed by atoms with van der Waals surface area (Å²) in [5.41, 5.74) is 6.39. The first-order chi connectivity index (χ1) is 8.55. The molecule has 0 aromatic heterocycles. The van der Waals surface area contributed by atoms with Gasteiger partial charge in [-0.25, -0.2) is 0 Å². The molecule has 1 aliphatic carbocycles. The van der Waals surface area contributed by atoms with E-state index in [1.54, 1.807) is 0 Å². The van der Waals surface area contributed by atoms with Crippen molar-refractivity contribution in [3.63, 3.8) is 0 Å². The number of hydrogen-bond acceptors (Lipinski definition) is 4. The van der Waals surface area contributed by atoms with Crippen LogP contribution in [0.15, 0.2) is 0 Å². The Bertz CT molecular complexity index is 253. The van der Waals surface area contributed by atoms with Crippen molar-refractivity contribution in [2.75, 3.05) is 59.9 Å². The lowest BCUT2D eigenvalue weighted by atomic mass is 9.68. The van der Waals surface area contributed by atoms with Gasteiger partial charge in [-0.3, -0.25) is 9.80 Å². The molecule has 1 heterocycles. The van der Waals surface area contributed by atoms with Crippen LogP contribution in [0.25, 0.3) is 0 Å². The molecule has 4 heteroatoms. The predicted molar refractivity (Wildman–Crippen MR) is 76.8 cm³/mol. The van der Waals surface area contributed by atoms with E-state index in [2.05, 4.69) is 35.7 Å². The highest BCUT2D eigenvalue weighted by Gasteiger charge is 2.45. The molecule has 1 saturated heterocycles. The summed E-state index contributed by atoms with van der Waals surface area (Å²) in [6.07, 6.45) is 2.61. The normalized spacial score (nSPS) is 34.8. The first-order valence-corrected chi connectivity index (χ1v) is 7.38. The maximum absolute atomic E-state index is 6.03. The van der Waals surface area contributed by atoms with Crippen molar-refractivity contribution in [2.45, 2.75) is 25.3 Å². The summed E-state index contributed by atoms with van der Waals surface area (Å²) in [6, 6.07) is 0. The van der Waals surface area contributed by atoms with Crippen LogP contribution in [-0.4, -0.2) is 80.1 Å². The van der Waals surface area contributed by atoms with Crippen molar-refractivity contribution in [3.8, 4) is 0 Å². The van der Waals surface area contributed by atoms with E-state index >= 15 is 0 Å². The van der Waals surface area contributed by atoms with E-state index in [0.717, 1.165) is 12.5 Å². The molecule has 1 saturated carbocycles. The maximum atomic E-state index is 6.03. The van der Waals surface area contributed by atoms with E-state index < -0.39 is 0 Å². The molecule has 2 fully saturated rings. The SMILES string of the molecule is CC1CC(CN)(N2CCN(CCN(C)C)CC2)C1. The first kappa shape index (κ1) is 14.3. The first-order valence-electron chi connectivity index (χ1n) is 7.38. The fourth-order valence-corrected chi connectivity index (χ4v) is 3.58. The molecule has 0 aromatic rings. The summed E-state index contributed by atoms with van der Waals surface area (Å²) >= 11 is 0. The molecule has 0 amide bonds. The van der Waals surface area contributed by atoms with Crippen LogP contribution in [-0.2, 0) is 0 Å². The standard InChI is InChI=1S/C14H30N4/c1-13-10-14(11-13,12-15)18-8-6-17(7-9-18)5-4-16(2)3/h13H,4-12,15H2,1-3H3. The molecule has 0 atom stereocenters. The highest BCUT2D eigenvalue weighted by atomic mass is 15.3. The van der Waals surface area contributed by atoms with Gasteiger partial charge in [0.05, 0.1) is 0 Å². The summed E-state index contributed by atoms with van der Waals surface area (Å²) in [7, 11) is 4.30. The van der Waals surface area contributed by atoms with Gasteiger partial charge in [0.2, 0.25) is 0 Å². The smallest absolute Gasteiger partial charge is 0.0337 e. The molecule has 106 valence electrons. The Balaban J connectivity index is 1.76. The topological polar surface area (TPSA) is 35.7 Å². The van der Waals surface area contributed by atoms with Crippen molar-refractivity contribution in [1.82, 2.24) is 14.7 Å². The van der Waals surface area contributed by atoms with Crippen LogP contribution in [0, 0.1) is 5.92 Å². The van der Waals surface area contributed by atoms with E-state index in [4.69, 9.17) is 5.73 Å². The van der Waals surface area contributed by atoms with Crippen LogP contribution in [0.4, 0.5) is 0 Å². The van der Waals surface area contributed by atoms with E-state index in [9.17, 15) is 0 Å². The zero-order chi connectivity index (χ0) is 13.2. The van der Waals surface area contributed by atoms with E-state index in [0.29, 0.717) is 5.54 Å². The summed E-state index contributed by atoms with van der Waals surface area (Å²) < 4.78 is 0. The Hall–Kier alpha value is -0.160. The maximum Gasteiger partial charge on any atom is 0.0337 e. The molecule has 0 radical (unpaired) electrons. The summed E-state index contributed by atoms with van der Waals surface area (Å²) in [4.78, 5) is 7.52. The lowest BCUT2D eigenvalue weighted by Crippen LogP contribution is -2.65. The number of rotatable bonds is 5. The van der Waals surface area contributed by atoms with Crippen LogP contribution >= 0.6 is 0 Å². The fraction of sp³-hybridized carbons (Fsp3) is 1.00. The molecule has 0 bridgehead atoms. The van der Waals surface area contributed by atoms with Crippen LogP contribution < -0.4 is 5.73 Å². The van der Waals surface area contributed by atoms with Crippen molar-refractivity contribution in [3.05, 3.63) is 0 Å². The van der Waals surface area contributed by atoms with Gasteiger partial charge in [0, 0.05) is 51.4 Å². The minimum Gasteiger partial charge on any atom is -0.329 e. The minimum absolute atomic E-state index is 0.354. The van der Waals surface area contributed by atoms with Crippen LogP contribution in [0.2, 0.25) is 0 Å². The third-order valence-electron chi connectivity index (χ3n) is 4.74. The summed E-state index contributed by atoms with van der Waals surface area (Å²) in [5, 5.41) is 0. The lowest BCUT2D eigenvalue weighted by Gasteiger charge is -2.55. The van der Waals surface area contributed by atoms with Crippen molar-refractivity contribution < 1.29 is 0 Å². The number of nitrogens with two attached hydrogens (primary N) is 1. The monoisotopic (exact) mass is 254 g/mol. The highest BCUT2D eigenvalue weighted by molar-refractivity contribution is 5.03. The zero-order valence-corrected chi connectivity index (χ0v) is 12.4.